The molecule has 0 unspecified atom stereocenters. The molecule has 2 atom stereocenters. The van der Waals surface area contributed by atoms with E-state index in [0.29, 0.717) is 6.42 Å². The van der Waals surface area contributed by atoms with Crippen molar-refractivity contribution in [2.75, 3.05) is 0 Å². The van der Waals surface area contributed by atoms with Gasteiger partial charge in [-0.25, -0.2) is 4.79 Å². The number of benzene rings is 3. The lowest BCUT2D eigenvalue weighted by Crippen LogP contribution is -2.31. The predicted octanol–water partition coefficient (Wildman–Crippen LogP) is 4.84. The molecule has 5 rings (SSSR count). The molecule has 0 amide bonds. The van der Waals surface area contributed by atoms with E-state index in [1.54, 1.807) is 12.1 Å². The monoisotopic (exact) mass is 382 g/mol. The Morgan fingerprint density at radius 1 is 0.931 bits per heavy atom. The molecule has 3 heteroatoms. The van der Waals surface area contributed by atoms with E-state index in [0.717, 1.165) is 24.0 Å². The number of hydrogen-bond acceptors (Lipinski definition) is 2. The largest absolute Gasteiger partial charge is 0.478 e. The Labute approximate surface area is 170 Å². The standard InChI is InChI=1S/C26H22O3/c27-24-23-8-4-3-7-21(23)16-26(24,15-17-9-11-18(12-10-17)25(28)29)22-13-19-5-1-2-6-20(19)14-22/h1-13,24,27H,14-16H2,(H,28,29)/t24-,26+/m0/s1. The van der Waals surface area contributed by atoms with Crippen molar-refractivity contribution in [2.24, 2.45) is 5.41 Å². The zero-order valence-corrected chi connectivity index (χ0v) is 16.0. The Morgan fingerprint density at radius 2 is 1.62 bits per heavy atom. The van der Waals surface area contributed by atoms with E-state index in [9.17, 15) is 15.0 Å². The number of carboxylic acid groups (broad SMARTS) is 1. The van der Waals surface area contributed by atoms with Gasteiger partial charge < -0.3 is 10.2 Å². The molecular formula is C26H22O3. The Hall–Kier alpha value is -3.17. The summed E-state index contributed by atoms with van der Waals surface area (Å²) in [4.78, 5) is 11.2. The van der Waals surface area contributed by atoms with Crippen LogP contribution in [0.1, 0.15) is 44.3 Å². The van der Waals surface area contributed by atoms with E-state index < -0.39 is 17.5 Å². The molecule has 2 aliphatic carbocycles. The van der Waals surface area contributed by atoms with Crippen molar-refractivity contribution in [1.29, 1.82) is 0 Å². The third kappa shape index (κ3) is 2.90. The van der Waals surface area contributed by atoms with Crippen molar-refractivity contribution in [3.63, 3.8) is 0 Å². The molecule has 0 aliphatic heterocycles. The van der Waals surface area contributed by atoms with Gasteiger partial charge in [0.25, 0.3) is 0 Å². The van der Waals surface area contributed by atoms with Crippen LogP contribution in [0.5, 0.6) is 0 Å². The molecule has 29 heavy (non-hydrogen) atoms. The van der Waals surface area contributed by atoms with Crippen molar-refractivity contribution in [3.8, 4) is 0 Å². The fourth-order valence-electron chi connectivity index (χ4n) is 4.99. The van der Waals surface area contributed by atoms with Crippen molar-refractivity contribution in [2.45, 2.75) is 25.4 Å². The molecule has 0 radical (unpaired) electrons. The quantitative estimate of drug-likeness (QED) is 0.679. The number of aromatic carboxylic acids is 1. The molecule has 0 spiro atoms. The molecule has 0 fully saturated rings. The van der Waals surface area contributed by atoms with Crippen molar-refractivity contribution in [3.05, 3.63) is 112 Å². The van der Waals surface area contributed by atoms with Crippen molar-refractivity contribution >= 4 is 12.0 Å². The second-order valence-corrected chi connectivity index (χ2v) is 8.16. The van der Waals surface area contributed by atoms with E-state index >= 15 is 0 Å². The van der Waals surface area contributed by atoms with Crippen LogP contribution in [0.15, 0.2) is 78.4 Å². The number of fused-ring (bicyclic) bond motifs is 2. The average Bonchev–Trinajstić information content (AvgIpc) is 3.29. The molecule has 0 aromatic heterocycles. The van der Waals surface area contributed by atoms with Crippen LogP contribution in [0, 0.1) is 5.41 Å². The highest BCUT2D eigenvalue weighted by atomic mass is 16.4. The van der Waals surface area contributed by atoms with Gasteiger partial charge in [-0.1, -0.05) is 72.3 Å². The zero-order valence-electron chi connectivity index (χ0n) is 16.0. The van der Waals surface area contributed by atoms with Gasteiger partial charge >= 0.3 is 5.97 Å². The number of carboxylic acids is 1. The number of aliphatic hydroxyl groups is 1. The minimum absolute atomic E-state index is 0.283. The van der Waals surface area contributed by atoms with Crippen LogP contribution in [-0.4, -0.2) is 16.2 Å². The van der Waals surface area contributed by atoms with Crippen LogP contribution in [0.4, 0.5) is 0 Å². The summed E-state index contributed by atoms with van der Waals surface area (Å²) in [5.74, 6) is -0.923. The van der Waals surface area contributed by atoms with E-state index in [4.69, 9.17) is 0 Å². The SMILES string of the molecule is O=C(O)c1ccc(C[C@]2(C3=Cc4ccccc4C3)Cc3ccccc3[C@@H]2O)cc1. The summed E-state index contributed by atoms with van der Waals surface area (Å²) in [6, 6.07) is 23.6. The van der Waals surface area contributed by atoms with E-state index in [-0.39, 0.29) is 5.56 Å². The van der Waals surface area contributed by atoms with E-state index in [1.807, 2.05) is 30.3 Å². The van der Waals surface area contributed by atoms with E-state index in [2.05, 4.69) is 36.4 Å². The fourth-order valence-corrected chi connectivity index (χ4v) is 4.99. The lowest BCUT2D eigenvalue weighted by Gasteiger charge is -2.35. The second-order valence-electron chi connectivity index (χ2n) is 8.16. The van der Waals surface area contributed by atoms with Crippen LogP contribution in [0.2, 0.25) is 0 Å². The summed E-state index contributed by atoms with van der Waals surface area (Å²) in [5, 5.41) is 20.7. The van der Waals surface area contributed by atoms with Gasteiger partial charge in [0.1, 0.15) is 0 Å². The maximum atomic E-state index is 11.5. The van der Waals surface area contributed by atoms with Gasteiger partial charge in [0.05, 0.1) is 11.7 Å². The van der Waals surface area contributed by atoms with Gasteiger partial charge in [0, 0.05) is 5.41 Å². The fraction of sp³-hybridized carbons (Fsp3) is 0.192. The zero-order chi connectivity index (χ0) is 20.0. The van der Waals surface area contributed by atoms with Gasteiger partial charge in [-0.05, 0) is 59.2 Å². The molecule has 144 valence electrons. The predicted molar refractivity (Wildman–Crippen MR) is 113 cm³/mol. The highest BCUT2D eigenvalue weighted by Crippen LogP contribution is 2.54. The number of hydrogen-bond donors (Lipinski definition) is 2. The van der Waals surface area contributed by atoms with Gasteiger partial charge in [-0.2, -0.15) is 0 Å². The van der Waals surface area contributed by atoms with Crippen LogP contribution < -0.4 is 0 Å². The Kier molecular flexibility index (Phi) is 4.14. The first-order valence-corrected chi connectivity index (χ1v) is 9.94. The van der Waals surface area contributed by atoms with E-state index in [1.165, 1.54) is 22.3 Å². The summed E-state index contributed by atoms with van der Waals surface area (Å²) >= 11 is 0. The second kappa shape index (κ2) is 6.71. The average molecular weight is 382 g/mol. The first-order valence-electron chi connectivity index (χ1n) is 9.94. The van der Waals surface area contributed by atoms with Gasteiger partial charge in [-0.15, -0.1) is 0 Å². The van der Waals surface area contributed by atoms with Crippen LogP contribution in [-0.2, 0) is 19.3 Å². The summed E-state index contributed by atoms with van der Waals surface area (Å²) < 4.78 is 0. The molecule has 2 N–H and O–H groups in total. The van der Waals surface area contributed by atoms with Crippen LogP contribution in [0.25, 0.3) is 6.08 Å². The number of carbonyl (C=O) groups is 1. The minimum Gasteiger partial charge on any atom is -0.478 e. The highest BCUT2D eigenvalue weighted by molar-refractivity contribution is 5.87. The molecule has 0 bridgehead atoms. The summed E-state index contributed by atoms with van der Waals surface area (Å²) in [7, 11) is 0. The first-order chi connectivity index (χ1) is 14.1. The molecule has 2 aliphatic rings. The third-order valence-corrected chi connectivity index (χ3v) is 6.50. The molecule has 3 aromatic rings. The van der Waals surface area contributed by atoms with Gasteiger partial charge in [0.15, 0.2) is 0 Å². The maximum absolute atomic E-state index is 11.5. The van der Waals surface area contributed by atoms with Gasteiger partial charge in [-0.3, -0.25) is 0 Å². The van der Waals surface area contributed by atoms with Crippen molar-refractivity contribution < 1.29 is 15.0 Å². The maximum Gasteiger partial charge on any atom is 0.335 e. The van der Waals surface area contributed by atoms with Gasteiger partial charge in [0.2, 0.25) is 0 Å². The summed E-state index contributed by atoms with van der Waals surface area (Å²) in [6.07, 6.45) is 3.95. The smallest absolute Gasteiger partial charge is 0.335 e. The first kappa shape index (κ1) is 17.9. The molecule has 0 saturated carbocycles. The molecule has 3 nitrogen and oxygen atoms in total. The third-order valence-electron chi connectivity index (χ3n) is 6.50. The lowest BCUT2D eigenvalue weighted by atomic mass is 9.70. The molecule has 0 saturated heterocycles. The Morgan fingerprint density at radius 3 is 2.31 bits per heavy atom. The lowest BCUT2D eigenvalue weighted by molar-refractivity contribution is 0.0649. The summed E-state index contributed by atoms with van der Waals surface area (Å²) in [6.45, 7) is 0. The highest BCUT2D eigenvalue weighted by Gasteiger charge is 2.48. The number of aliphatic hydroxyl groups excluding tert-OH is 1. The Balaban J connectivity index is 1.57. The van der Waals surface area contributed by atoms with Crippen molar-refractivity contribution in [1.82, 2.24) is 0 Å². The van der Waals surface area contributed by atoms with Crippen LogP contribution >= 0.6 is 0 Å². The summed E-state index contributed by atoms with van der Waals surface area (Å²) in [5.41, 5.74) is 6.88. The van der Waals surface area contributed by atoms with Crippen LogP contribution in [0.3, 0.4) is 0 Å². The molecule has 3 aromatic carbocycles. The number of rotatable bonds is 4. The molecule has 0 heterocycles. The normalized spacial score (nSPS) is 22.1. The minimum atomic E-state index is -0.923. The Bertz CT molecular complexity index is 1130. The molecular weight excluding hydrogens is 360 g/mol. The topological polar surface area (TPSA) is 57.5 Å².